The molecule has 108 valence electrons. The van der Waals surface area contributed by atoms with Crippen molar-refractivity contribution in [3.05, 3.63) is 28.8 Å². The lowest BCUT2D eigenvalue weighted by molar-refractivity contribution is 0.410. The summed E-state index contributed by atoms with van der Waals surface area (Å²) in [4.78, 5) is 0. The maximum Gasteiger partial charge on any atom is 0.151 e. The number of methoxy groups -OCH3 is 1. The predicted molar refractivity (Wildman–Crippen MR) is 78.6 cm³/mol. The van der Waals surface area contributed by atoms with E-state index in [4.69, 9.17) is 4.74 Å². The van der Waals surface area contributed by atoms with Gasteiger partial charge in [-0.05, 0) is 50.6 Å². The zero-order valence-corrected chi connectivity index (χ0v) is 13.3. The van der Waals surface area contributed by atoms with E-state index in [1.807, 2.05) is 26.0 Å². The number of nitrogens with one attached hydrogen (secondary N) is 1. The van der Waals surface area contributed by atoms with Gasteiger partial charge in [0, 0.05) is 12.3 Å². The Balaban J connectivity index is 3.31. The standard InChI is InChI=1S/C14H23NO3S/c1-9-8-13(18-5)10(2)7-12(9)14(15-4)11(3)19(6,16)17/h7-8,11,14-15H,1-6H3. The highest BCUT2D eigenvalue weighted by Crippen LogP contribution is 2.29. The number of benzene rings is 1. The predicted octanol–water partition coefficient (Wildman–Crippen LogP) is 2.01. The van der Waals surface area contributed by atoms with Crippen molar-refractivity contribution < 1.29 is 13.2 Å². The van der Waals surface area contributed by atoms with Crippen molar-refractivity contribution in [2.75, 3.05) is 20.4 Å². The monoisotopic (exact) mass is 285 g/mol. The summed E-state index contributed by atoms with van der Waals surface area (Å²) in [6.45, 7) is 5.66. The molecule has 0 saturated carbocycles. The largest absolute Gasteiger partial charge is 0.496 e. The Hall–Kier alpha value is -1.07. The minimum absolute atomic E-state index is 0.223. The van der Waals surface area contributed by atoms with E-state index >= 15 is 0 Å². The van der Waals surface area contributed by atoms with Crippen LogP contribution in [0.5, 0.6) is 5.75 Å². The lowest BCUT2D eigenvalue weighted by Crippen LogP contribution is -2.33. The van der Waals surface area contributed by atoms with Crippen LogP contribution < -0.4 is 10.1 Å². The van der Waals surface area contributed by atoms with Gasteiger partial charge in [0.05, 0.1) is 12.4 Å². The quantitative estimate of drug-likeness (QED) is 0.899. The van der Waals surface area contributed by atoms with E-state index in [2.05, 4.69) is 5.32 Å². The highest BCUT2D eigenvalue weighted by Gasteiger charge is 2.27. The molecule has 0 bridgehead atoms. The average Bonchev–Trinajstić information content (AvgIpc) is 2.32. The SMILES string of the molecule is CNC(c1cc(C)c(OC)cc1C)C(C)S(C)(=O)=O. The molecule has 1 aromatic carbocycles. The van der Waals surface area contributed by atoms with E-state index < -0.39 is 15.1 Å². The molecule has 0 aliphatic rings. The van der Waals surface area contributed by atoms with Gasteiger partial charge in [0.15, 0.2) is 9.84 Å². The molecule has 0 amide bonds. The van der Waals surface area contributed by atoms with Crippen LogP contribution in [0.2, 0.25) is 0 Å². The van der Waals surface area contributed by atoms with Crippen molar-refractivity contribution >= 4 is 9.84 Å². The molecule has 5 heteroatoms. The molecule has 4 nitrogen and oxygen atoms in total. The van der Waals surface area contributed by atoms with Gasteiger partial charge in [-0.2, -0.15) is 0 Å². The molecule has 2 atom stereocenters. The molecule has 0 fully saturated rings. The van der Waals surface area contributed by atoms with Crippen LogP contribution in [0.4, 0.5) is 0 Å². The van der Waals surface area contributed by atoms with E-state index in [1.165, 1.54) is 6.26 Å². The Kier molecular flexibility index (Phi) is 4.98. The third kappa shape index (κ3) is 3.48. The van der Waals surface area contributed by atoms with E-state index in [-0.39, 0.29) is 6.04 Å². The Labute approximate surface area is 116 Å². The van der Waals surface area contributed by atoms with E-state index in [1.54, 1.807) is 21.1 Å². The van der Waals surface area contributed by atoms with Crippen LogP contribution in [0.15, 0.2) is 12.1 Å². The molecule has 0 heterocycles. The van der Waals surface area contributed by atoms with Gasteiger partial charge in [0.1, 0.15) is 5.75 Å². The van der Waals surface area contributed by atoms with Gasteiger partial charge in [-0.15, -0.1) is 0 Å². The van der Waals surface area contributed by atoms with Crippen LogP contribution >= 0.6 is 0 Å². The number of rotatable bonds is 5. The Bertz CT molecular complexity index is 552. The number of aryl methyl sites for hydroxylation is 2. The highest BCUT2D eigenvalue weighted by molar-refractivity contribution is 7.91. The molecule has 1 aromatic rings. The minimum Gasteiger partial charge on any atom is -0.496 e. The topological polar surface area (TPSA) is 55.4 Å². The van der Waals surface area contributed by atoms with Crippen molar-refractivity contribution in [1.82, 2.24) is 5.32 Å². The Morgan fingerprint density at radius 2 is 1.79 bits per heavy atom. The third-order valence-corrected chi connectivity index (χ3v) is 5.20. The number of sulfone groups is 1. The maximum absolute atomic E-state index is 11.8. The second-order valence-electron chi connectivity index (χ2n) is 4.98. The fourth-order valence-electron chi connectivity index (χ4n) is 2.26. The summed E-state index contributed by atoms with van der Waals surface area (Å²) >= 11 is 0. The first-order valence-corrected chi connectivity index (χ1v) is 8.19. The number of hydrogen-bond donors (Lipinski definition) is 1. The van der Waals surface area contributed by atoms with Gasteiger partial charge in [0.25, 0.3) is 0 Å². The molecule has 0 radical (unpaired) electrons. The molecule has 1 N–H and O–H groups in total. The van der Waals surface area contributed by atoms with Crippen LogP contribution in [-0.2, 0) is 9.84 Å². The first-order valence-electron chi connectivity index (χ1n) is 6.23. The van der Waals surface area contributed by atoms with Gasteiger partial charge >= 0.3 is 0 Å². The van der Waals surface area contributed by atoms with Crippen molar-refractivity contribution in [2.24, 2.45) is 0 Å². The fraction of sp³-hybridized carbons (Fsp3) is 0.571. The summed E-state index contributed by atoms with van der Waals surface area (Å²) < 4.78 is 28.8. The number of hydrogen-bond acceptors (Lipinski definition) is 4. The first kappa shape index (κ1) is 16.0. The number of ether oxygens (including phenoxy) is 1. The van der Waals surface area contributed by atoms with Crippen LogP contribution in [0.25, 0.3) is 0 Å². The van der Waals surface area contributed by atoms with Gasteiger partial charge in [-0.1, -0.05) is 6.07 Å². The van der Waals surface area contributed by atoms with Crippen molar-refractivity contribution in [3.63, 3.8) is 0 Å². The minimum atomic E-state index is -3.10. The van der Waals surface area contributed by atoms with E-state index in [0.717, 1.165) is 22.4 Å². The summed E-state index contributed by atoms with van der Waals surface area (Å²) in [7, 11) is 0.317. The second-order valence-corrected chi connectivity index (χ2v) is 7.38. The van der Waals surface area contributed by atoms with Gasteiger partial charge < -0.3 is 10.1 Å². The summed E-state index contributed by atoms with van der Waals surface area (Å²) in [6.07, 6.45) is 1.27. The lowest BCUT2D eigenvalue weighted by atomic mass is 9.96. The van der Waals surface area contributed by atoms with Gasteiger partial charge in [0.2, 0.25) is 0 Å². The molecule has 2 unspecified atom stereocenters. The summed E-state index contributed by atoms with van der Waals surface area (Å²) in [5, 5.41) is 2.63. The molecule has 1 rings (SSSR count). The zero-order valence-electron chi connectivity index (χ0n) is 12.4. The molecular formula is C14H23NO3S. The second kappa shape index (κ2) is 5.92. The molecular weight excluding hydrogens is 262 g/mol. The molecule has 0 aliphatic heterocycles. The molecule has 0 aliphatic carbocycles. The van der Waals surface area contributed by atoms with Crippen LogP contribution in [0.3, 0.4) is 0 Å². The highest BCUT2D eigenvalue weighted by atomic mass is 32.2. The van der Waals surface area contributed by atoms with Crippen molar-refractivity contribution in [3.8, 4) is 5.75 Å². The summed E-state index contributed by atoms with van der Waals surface area (Å²) in [6, 6.07) is 3.72. The molecule has 0 aromatic heterocycles. The van der Waals surface area contributed by atoms with Gasteiger partial charge in [-0.25, -0.2) is 8.42 Å². The van der Waals surface area contributed by atoms with Crippen LogP contribution in [-0.4, -0.2) is 34.1 Å². The van der Waals surface area contributed by atoms with E-state index in [0.29, 0.717) is 0 Å². The fourth-order valence-corrected chi connectivity index (χ4v) is 3.03. The maximum atomic E-state index is 11.8. The zero-order chi connectivity index (χ0) is 14.8. The Morgan fingerprint density at radius 3 is 2.21 bits per heavy atom. The molecule has 0 spiro atoms. The van der Waals surface area contributed by atoms with Crippen molar-refractivity contribution in [1.29, 1.82) is 0 Å². The van der Waals surface area contributed by atoms with Gasteiger partial charge in [-0.3, -0.25) is 0 Å². The smallest absolute Gasteiger partial charge is 0.151 e. The van der Waals surface area contributed by atoms with Crippen LogP contribution in [0.1, 0.15) is 29.7 Å². The van der Waals surface area contributed by atoms with Crippen LogP contribution in [0, 0.1) is 13.8 Å². The first-order chi connectivity index (χ1) is 8.72. The Morgan fingerprint density at radius 1 is 1.21 bits per heavy atom. The van der Waals surface area contributed by atoms with Crippen molar-refractivity contribution in [2.45, 2.75) is 32.1 Å². The normalized spacial score (nSPS) is 15.1. The lowest BCUT2D eigenvalue weighted by Gasteiger charge is -2.25. The summed E-state index contributed by atoms with van der Waals surface area (Å²) in [5.74, 6) is 0.822. The summed E-state index contributed by atoms with van der Waals surface area (Å²) in [5.41, 5.74) is 3.03. The molecule has 0 saturated heterocycles. The molecule has 19 heavy (non-hydrogen) atoms. The average molecular weight is 285 g/mol. The van der Waals surface area contributed by atoms with E-state index in [9.17, 15) is 8.42 Å². The third-order valence-electron chi connectivity index (χ3n) is 3.57.